The van der Waals surface area contributed by atoms with Gasteiger partial charge in [-0.3, -0.25) is 9.78 Å². The van der Waals surface area contributed by atoms with Gasteiger partial charge in [0, 0.05) is 42.6 Å². The molecule has 1 aromatic heterocycles. The van der Waals surface area contributed by atoms with E-state index in [2.05, 4.69) is 10.3 Å². The van der Waals surface area contributed by atoms with Crippen molar-refractivity contribution in [2.75, 3.05) is 19.6 Å². The van der Waals surface area contributed by atoms with Gasteiger partial charge in [0.05, 0.1) is 12.5 Å². The van der Waals surface area contributed by atoms with Gasteiger partial charge in [-0.25, -0.2) is 4.39 Å². The first-order valence-corrected chi connectivity index (χ1v) is 7.87. The fourth-order valence-electron chi connectivity index (χ4n) is 2.83. The normalized spacial score (nSPS) is 18.0. The number of piperazine rings is 1. The second-order valence-electron chi connectivity index (χ2n) is 5.47. The number of halogens is 2. The SMILES string of the molecule is O=C(Cc1c(F)cccc1Cl)N1CCNCC1c1cccnc1. The molecule has 1 saturated heterocycles. The lowest BCUT2D eigenvalue weighted by Crippen LogP contribution is -2.49. The van der Waals surface area contributed by atoms with Crippen molar-refractivity contribution >= 4 is 17.5 Å². The molecular weight excluding hydrogens is 317 g/mol. The monoisotopic (exact) mass is 333 g/mol. The molecule has 23 heavy (non-hydrogen) atoms. The summed E-state index contributed by atoms with van der Waals surface area (Å²) in [6.45, 7) is 1.94. The number of benzene rings is 1. The molecule has 3 rings (SSSR count). The third kappa shape index (κ3) is 3.51. The number of rotatable bonds is 3. The number of carbonyl (C=O) groups excluding carboxylic acids is 1. The van der Waals surface area contributed by atoms with Crippen molar-refractivity contribution in [1.29, 1.82) is 0 Å². The van der Waals surface area contributed by atoms with Gasteiger partial charge in [-0.2, -0.15) is 0 Å². The topological polar surface area (TPSA) is 45.2 Å². The summed E-state index contributed by atoms with van der Waals surface area (Å²) in [4.78, 5) is 18.6. The first kappa shape index (κ1) is 15.9. The van der Waals surface area contributed by atoms with Gasteiger partial charge in [0.1, 0.15) is 5.82 Å². The summed E-state index contributed by atoms with van der Waals surface area (Å²) in [5.41, 5.74) is 1.22. The van der Waals surface area contributed by atoms with Crippen LogP contribution in [0.25, 0.3) is 0 Å². The van der Waals surface area contributed by atoms with E-state index in [1.54, 1.807) is 23.4 Å². The van der Waals surface area contributed by atoms with Crippen LogP contribution in [0.5, 0.6) is 0 Å². The quantitative estimate of drug-likeness (QED) is 0.939. The Morgan fingerprint density at radius 3 is 3.00 bits per heavy atom. The van der Waals surface area contributed by atoms with Crippen LogP contribution in [0.15, 0.2) is 42.7 Å². The molecule has 4 nitrogen and oxygen atoms in total. The molecule has 0 spiro atoms. The molecule has 0 saturated carbocycles. The summed E-state index contributed by atoms with van der Waals surface area (Å²) < 4.78 is 13.9. The number of hydrogen-bond donors (Lipinski definition) is 1. The molecule has 1 aliphatic rings. The Labute approximate surface area is 139 Å². The predicted molar refractivity (Wildman–Crippen MR) is 86.7 cm³/mol. The van der Waals surface area contributed by atoms with Crippen LogP contribution in [0.3, 0.4) is 0 Å². The maximum Gasteiger partial charge on any atom is 0.227 e. The average molecular weight is 334 g/mol. The molecule has 0 radical (unpaired) electrons. The maximum atomic E-state index is 13.9. The molecule has 1 aliphatic heterocycles. The highest BCUT2D eigenvalue weighted by Crippen LogP contribution is 2.25. The van der Waals surface area contributed by atoms with E-state index in [0.29, 0.717) is 19.6 Å². The molecule has 1 amide bonds. The first-order valence-electron chi connectivity index (χ1n) is 7.50. The van der Waals surface area contributed by atoms with Crippen LogP contribution in [0, 0.1) is 5.82 Å². The zero-order valence-corrected chi connectivity index (χ0v) is 13.3. The number of hydrogen-bond acceptors (Lipinski definition) is 3. The van der Waals surface area contributed by atoms with E-state index in [9.17, 15) is 9.18 Å². The number of pyridine rings is 1. The maximum absolute atomic E-state index is 13.9. The minimum absolute atomic E-state index is 0.0394. The van der Waals surface area contributed by atoms with Crippen LogP contribution < -0.4 is 5.32 Å². The van der Waals surface area contributed by atoms with Gasteiger partial charge in [-0.1, -0.05) is 23.7 Å². The average Bonchev–Trinajstić information content (AvgIpc) is 2.59. The second-order valence-corrected chi connectivity index (χ2v) is 5.88. The molecule has 1 aromatic carbocycles. The highest BCUT2D eigenvalue weighted by molar-refractivity contribution is 6.31. The van der Waals surface area contributed by atoms with Crippen molar-refractivity contribution < 1.29 is 9.18 Å². The van der Waals surface area contributed by atoms with E-state index < -0.39 is 5.82 Å². The molecule has 1 unspecified atom stereocenters. The Balaban J connectivity index is 1.82. The van der Waals surface area contributed by atoms with Gasteiger partial charge < -0.3 is 10.2 Å². The lowest BCUT2D eigenvalue weighted by Gasteiger charge is -2.36. The molecule has 1 N–H and O–H groups in total. The summed E-state index contributed by atoms with van der Waals surface area (Å²) in [6.07, 6.45) is 3.42. The Morgan fingerprint density at radius 2 is 2.26 bits per heavy atom. The zero-order chi connectivity index (χ0) is 16.2. The number of nitrogens with zero attached hydrogens (tertiary/aromatic N) is 2. The van der Waals surface area contributed by atoms with Gasteiger partial charge in [0.15, 0.2) is 0 Å². The van der Waals surface area contributed by atoms with Crippen LogP contribution in [0.2, 0.25) is 5.02 Å². The molecule has 1 atom stereocenters. The highest BCUT2D eigenvalue weighted by atomic mass is 35.5. The smallest absolute Gasteiger partial charge is 0.227 e. The zero-order valence-electron chi connectivity index (χ0n) is 12.5. The number of aromatic nitrogens is 1. The second kappa shape index (κ2) is 7.06. The number of amides is 1. The lowest BCUT2D eigenvalue weighted by molar-refractivity contribution is -0.133. The predicted octanol–water partition coefficient (Wildman–Crippen LogP) is 2.59. The Kier molecular flexibility index (Phi) is 4.88. The van der Waals surface area contributed by atoms with Crippen LogP contribution in [0.1, 0.15) is 17.2 Å². The van der Waals surface area contributed by atoms with Gasteiger partial charge in [0.25, 0.3) is 0 Å². The van der Waals surface area contributed by atoms with Crippen LogP contribution in [-0.4, -0.2) is 35.4 Å². The minimum atomic E-state index is -0.445. The van der Waals surface area contributed by atoms with E-state index in [0.717, 1.165) is 5.56 Å². The van der Waals surface area contributed by atoms with E-state index >= 15 is 0 Å². The van der Waals surface area contributed by atoms with E-state index in [1.165, 1.54) is 12.1 Å². The van der Waals surface area contributed by atoms with Crippen molar-refractivity contribution in [3.8, 4) is 0 Å². The van der Waals surface area contributed by atoms with Crippen LogP contribution in [0.4, 0.5) is 4.39 Å². The van der Waals surface area contributed by atoms with Crippen LogP contribution in [-0.2, 0) is 11.2 Å². The molecule has 120 valence electrons. The standard InChI is InChI=1S/C17H17ClFN3O/c18-14-4-1-5-15(19)13(14)9-17(23)22-8-7-21-11-16(22)12-3-2-6-20-10-12/h1-6,10,16,21H,7-9,11H2. The van der Waals surface area contributed by atoms with E-state index in [1.807, 2.05) is 12.1 Å². The largest absolute Gasteiger partial charge is 0.333 e. The molecule has 6 heteroatoms. The van der Waals surface area contributed by atoms with Gasteiger partial charge in [-0.05, 0) is 23.8 Å². The van der Waals surface area contributed by atoms with Crippen molar-refractivity contribution in [1.82, 2.24) is 15.2 Å². The van der Waals surface area contributed by atoms with Crippen molar-refractivity contribution in [3.63, 3.8) is 0 Å². The lowest BCUT2D eigenvalue weighted by atomic mass is 10.0. The summed E-state index contributed by atoms with van der Waals surface area (Å²) in [7, 11) is 0. The highest BCUT2D eigenvalue weighted by Gasteiger charge is 2.28. The Bertz CT molecular complexity index is 675. The molecule has 0 bridgehead atoms. The summed E-state index contributed by atoms with van der Waals surface area (Å²) in [5, 5.41) is 3.57. The van der Waals surface area contributed by atoms with Gasteiger partial charge in [-0.15, -0.1) is 0 Å². The molecule has 2 heterocycles. The fraction of sp³-hybridized carbons (Fsp3) is 0.294. The third-order valence-corrected chi connectivity index (χ3v) is 4.38. The van der Waals surface area contributed by atoms with Gasteiger partial charge >= 0.3 is 0 Å². The summed E-state index contributed by atoms with van der Waals surface area (Å²) in [5.74, 6) is -0.578. The first-order chi connectivity index (χ1) is 11.2. The van der Waals surface area contributed by atoms with E-state index in [-0.39, 0.29) is 29.0 Å². The minimum Gasteiger partial charge on any atom is -0.333 e. The summed E-state index contributed by atoms with van der Waals surface area (Å²) >= 11 is 6.03. The molecule has 1 fully saturated rings. The van der Waals surface area contributed by atoms with Gasteiger partial charge in [0.2, 0.25) is 5.91 Å². The summed E-state index contributed by atoms with van der Waals surface area (Å²) in [6, 6.07) is 8.15. The Hall–Kier alpha value is -1.98. The Morgan fingerprint density at radius 1 is 1.39 bits per heavy atom. The number of carbonyl (C=O) groups is 1. The van der Waals surface area contributed by atoms with Crippen molar-refractivity contribution in [3.05, 3.63) is 64.7 Å². The van der Waals surface area contributed by atoms with Crippen LogP contribution >= 0.6 is 11.6 Å². The molecular formula is C17H17ClFN3O. The molecule has 2 aromatic rings. The molecule has 0 aliphatic carbocycles. The fourth-order valence-corrected chi connectivity index (χ4v) is 3.06. The third-order valence-electron chi connectivity index (χ3n) is 4.02. The number of nitrogens with one attached hydrogen (secondary N) is 1. The van der Waals surface area contributed by atoms with Crippen molar-refractivity contribution in [2.24, 2.45) is 0 Å². The van der Waals surface area contributed by atoms with Crippen molar-refractivity contribution in [2.45, 2.75) is 12.5 Å². The van der Waals surface area contributed by atoms with E-state index in [4.69, 9.17) is 11.6 Å².